The molecule has 2 aromatic heterocycles. The summed E-state index contributed by atoms with van der Waals surface area (Å²) < 4.78 is 38.2. The minimum absolute atomic E-state index is 0.0736. The lowest BCUT2D eigenvalue weighted by molar-refractivity contribution is 0.480. The summed E-state index contributed by atoms with van der Waals surface area (Å²) in [5.74, 6) is -0.170. The van der Waals surface area contributed by atoms with E-state index >= 15 is 0 Å². The van der Waals surface area contributed by atoms with E-state index in [9.17, 15) is 12.8 Å². The summed E-state index contributed by atoms with van der Waals surface area (Å²) in [4.78, 5) is 8.14. The number of rotatable bonds is 4. The summed E-state index contributed by atoms with van der Waals surface area (Å²) in [6.45, 7) is 0.836. The third kappa shape index (κ3) is 3.26. The van der Waals surface area contributed by atoms with Gasteiger partial charge in [0.15, 0.2) is 5.82 Å². The molecule has 3 rings (SSSR count). The minimum Gasteiger partial charge on any atom is -0.350 e. The fraction of sp³-hybridized carbons (Fsp3) is 0.385. The summed E-state index contributed by atoms with van der Waals surface area (Å²) >= 11 is 1.46. The SMILES string of the molecule is CS(=O)(=O)N1CCC(Nc2ncc(F)c(-c3ccsc3)n2)C1. The van der Waals surface area contributed by atoms with Crippen LogP contribution < -0.4 is 5.32 Å². The molecule has 1 fully saturated rings. The molecule has 3 heterocycles. The van der Waals surface area contributed by atoms with Crippen molar-refractivity contribution < 1.29 is 12.8 Å². The average Bonchev–Trinajstić information content (AvgIpc) is 3.11. The zero-order valence-corrected chi connectivity index (χ0v) is 13.5. The third-order valence-electron chi connectivity index (χ3n) is 3.49. The van der Waals surface area contributed by atoms with Crippen LogP contribution >= 0.6 is 11.3 Å². The number of anilines is 1. The molecule has 1 unspecified atom stereocenters. The van der Waals surface area contributed by atoms with Crippen molar-refractivity contribution in [1.29, 1.82) is 0 Å². The lowest BCUT2D eigenvalue weighted by atomic mass is 10.2. The average molecular weight is 342 g/mol. The van der Waals surface area contributed by atoms with E-state index in [0.717, 1.165) is 6.20 Å². The van der Waals surface area contributed by atoms with Gasteiger partial charge in [-0.1, -0.05) is 0 Å². The molecule has 9 heteroatoms. The highest BCUT2D eigenvalue weighted by molar-refractivity contribution is 7.88. The van der Waals surface area contributed by atoms with Gasteiger partial charge in [0, 0.05) is 30.1 Å². The Morgan fingerprint density at radius 1 is 1.50 bits per heavy atom. The van der Waals surface area contributed by atoms with E-state index in [1.807, 2.05) is 10.8 Å². The van der Waals surface area contributed by atoms with E-state index in [4.69, 9.17) is 0 Å². The van der Waals surface area contributed by atoms with E-state index < -0.39 is 15.8 Å². The van der Waals surface area contributed by atoms with Crippen LogP contribution in [0.15, 0.2) is 23.0 Å². The number of sulfonamides is 1. The zero-order chi connectivity index (χ0) is 15.7. The summed E-state index contributed by atoms with van der Waals surface area (Å²) in [5.41, 5.74) is 0.953. The van der Waals surface area contributed by atoms with Gasteiger partial charge < -0.3 is 5.32 Å². The van der Waals surface area contributed by atoms with Crippen LogP contribution in [0.2, 0.25) is 0 Å². The maximum absolute atomic E-state index is 13.8. The number of hydrogen-bond donors (Lipinski definition) is 1. The lowest BCUT2D eigenvalue weighted by Gasteiger charge is -2.15. The number of nitrogens with zero attached hydrogens (tertiary/aromatic N) is 3. The quantitative estimate of drug-likeness (QED) is 0.917. The first kappa shape index (κ1) is 15.3. The molecule has 118 valence electrons. The number of halogens is 1. The van der Waals surface area contributed by atoms with Crippen molar-refractivity contribution in [2.75, 3.05) is 24.7 Å². The number of nitrogens with one attached hydrogen (secondary N) is 1. The lowest BCUT2D eigenvalue weighted by Crippen LogP contribution is -2.31. The monoisotopic (exact) mass is 342 g/mol. The molecule has 1 N–H and O–H groups in total. The summed E-state index contributed by atoms with van der Waals surface area (Å²) in [6, 6.07) is 1.72. The Morgan fingerprint density at radius 2 is 2.32 bits per heavy atom. The molecular formula is C13H15FN4O2S2. The molecular weight excluding hydrogens is 327 g/mol. The fourth-order valence-corrected chi connectivity index (χ4v) is 3.90. The first-order chi connectivity index (χ1) is 10.4. The van der Waals surface area contributed by atoms with Gasteiger partial charge in [0.05, 0.1) is 12.5 Å². The molecule has 22 heavy (non-hydrogen) atoms. The smallest absolute Gasteiger partial charge is 0.223 e. The van der Waals surface area contributed by atoms with Crippen molar-refractivity contribution in [3.63, 3.8) is 0 Å². The topological polar surface area (TPSA) is 75.2 Å². The normalized spacial score (nSPS) is 19.5. The molecule has 1 atom stereocenters. The largest absolute Gasteiger partial charge is 0.350 e. The molecule has 1 saturated heterocycles. The Hall–Kier alpha value is -1.58. The van der Waals surface area contributed by atoms with Gasteiger partial charge >= 0.3 is 0 Å². The maximum atomic E-state index is 13.8. The van der Waals surface area contributed by atoms with Gasteiger partial charge in [0.1, 0.15) is 5.69 Å². The zero-order valence-electron chi connectivity index (χ0n) is 11.9. The summed E-state index contributed by atoms with van der Waals surface area (Å²) in [7, 11) is -3.18. The van der Waals surface area contributed by atoms with Crippen LogP contribution in [0.5, 0.6) is 0 Å². The van der Waals surface area contributed by atoms with E-state index in [1.54, 1.807) is 6.07 Å². The van der Waals surface area contributed by atoms with Crippen molar-refractivity contribution in [1.82, 2.24) is 14.3 Å². The first-order valence-corrected chi connectivity index (χ1v) is 9.49. The number of aromatic nitrogens is 2. The highest BCUT2D eigenvalue weighted by atomic mass is 32.2. The van der Waals surface area contributed by atoms with Crippen LogP contribution in [0.3, 0.4) is 0 Å². The molecule has 0 bridgehead atoms. The molecule has 0 saturated carbocycles. The van der Waals surface area contributed by atoms with Crippen molar-refractivity contribution in [3.8, 4) is 11.3 Å². The fourth-order valence-electron chi connectivity index (χ4n) is 2.37. The van der Waals surface area contributed by atoms with Crippen LogP contribution in [0, 0.1) is 5.82 Å². The Labute approximate surface area is 132 Å². The summed E-state index contributed by atoms with van der Waals surface area (Å²) in [6.07, 6.45) is 2.99. The molecule has 6 nitrogen and oxygen atoms in total. The predicted molar refractivity (Wildman–Crippen MR) is 83.7 cm³/mol. The van der Waals surface area contributed by atoms with Crippen molar-refractivity contribution >= 4 is 27.3 Å². The Kier molecular flexibility index (Phi) is 4.11. The van der Waals surface area contributed by atoms with Gasteiger partial charge in [-0.05, 0) is 17.9 Å². The van der Waals surface area contributed by atoms with E-state index in [0.29, 0.717) is 31.0 Å². The number of thiophene rings is 1. The summed E-state index contributed by atoms with van der Waals surface area (Å²) in [5, 5.41) is 6.75. The van der Waals surface area contributed by atoms with E-state index in [-0.39, 0.29) is 11.7 Å². The van der Waals surface area contributed by atoms with Gasteiger partial charge in [-0.3, -0.25) is 0 Å². The highest BCUT2D eigenvalue weighted by Gasteiger charge is 2.29. The minimum atomic E-state index is -3.18. The molecule has 1 aliphatic heterocycles. The molecule has 2 aromatic rings. The second-order valence-electron chi connectivity index (χ2n) is 5.15. The Balaban J connectivity index is 1.76. The molecule has 0 aromatic carbocycles. The number of hydrogen-bond acceptors (Lipinski definition) is 6. The molecule has 0 radical (unpaired) electrons. The first-order valence-electron chi connectivity index (χ1n) is 6.70. The van der Waals surface area contributed by atoms with Gasteiger partial charge in [-0.15, -0.1) is 0 Å². The van der Waals surface area contributed by atoms with Crippen molar-refractivity contribution in [2.45, 2.75) is 12.5 Å². The van der Waals surface area contributed by atoms with Gasteiger partial charge in [0.25, 0.3) is 0 Å². The second-order valence-corrected chi connectivity index (χ2v) is 7.92. The van der Waals surface area contributed by atoms with Gasteiger partial charge in [0.2, 0.25) is 16.0 Å². The van der Waals surface area contributed by atoms with Crippen LogP contribution in [-0.2, 0) is 10.0 Å². The van der Waals surface area contributed by atoms with Gasteiger partial charge in [-0.2, -0.15) is 11.3 Å². The third-order valence-corrected chi connectivity index (χ3v) is 5.44. The Bertz CT molecular complexity index is 764. The van der Waals surface area contributed by atoms with Crippen LogP contribution in [0.1, 0.15) is 6.42 Å². The maximum Gasteiger partial charge on any atom is 0.223 e. The van der Waals surface area contributed by atoms with E-state index in [2.05, 4.69) is 15.3 Å². The molecule has 0 amide bonds. The van der Waals surface area contributed by atoms with Crippen molar-refractivity contribution in [2.24, 2.45) is 0 Å². The van der Waals surface area contributed by atoms with Crippen LogP contribution in [0.4, 0.5) is 10.3 Å². The van der Waals surface area contributed by atoms with Crippen molar-refractivity contribution in [3.05, 3.63) is 28.8 Å². The molecule has 1 aliphatic rings. The van der Waals surface area contributed by atoms with Crippen LogP contribution in [-0.4, -0.2) is 48.1 Å². The Morgan fingerprint density at radius 3 is 2.95 bits per heavy atom. The highest BCUT2D eigenvalue weighted by Crippen LogP contribution is 2.24. The molecule has 0 spiro atoms. The predicted octanol–water partition coefficient (Wildman–Crippen LogP) is 1.79. The standard InChI is InChI=1S/C13H15FN4O2S2/c1-22(19,20)18-4-2-10(7-18)16-13-15-6-11(14)12(17-13)9-3-5-21-8-9/h3,5-6,8,10H,2,4,7H2,1H3,(H,15,16,17). The second kappa shape index (κ2) is 5.90. The molecule has 0 aliphatic carbocycles. The van der Waals surface area contributed by atoms with Crippen LogP contribution in [0.25, 0.3) is 11.3 Å². The van der Waals surface area contributed by atoms with Gasteiger partial charge in [-0.25, -0.2) is 27.1 Å². The van der Waals surface area contributed by atoms with E-state index in [1.165, 1.54) is 21.9 Å².